The summed E-state index contributed by atoms with van der Waals surface area (Å²) in [6.45, 7) is 0. The van der Waals surface area contributed by atoms with E-state index in [1.165, 1.54) is 18.2 Å². The van der Waals surface area contributed by atoms with E-state index in [0.717, 1.165) is 0 Å². The van der Waals surface area contributed by atoms with Crippen molar-refractivity contribution in [2.45, 2.75) is 0 Å². The largest absolute Gasteiger partial charge is 0.366 e. The van der Waals surface area contributed by atoms with E-state index in [2.05, 4.69) is 0 Å². The molecule has 0 aromatic heterocycles. The average Bonchev–Trinajstić information content (AvgIpc) is 2.26. The van der Waals surface area contributed by atoms with Gasteiger partial charge in [0.2, 0.25) is 5.91 Å². The highest BCUT2D eigenvalue weighted by Gasteiger charge is 2.03. The molecule has 0 fully saturated rings. The predicted octanol–water partition coefficient (Wildman–Crippen LogP) is 0.178. The number of amides is 2. The molecule has 0 radical (unpaired) electrons. The number of nitrogens with zero attached hydrogens (tertiary/aromatic N) is 1. The van der Waals surface area contributed by atoms with Gasteiger partial charge >= 0.3 is 0 Å². The Morgan fingerprint density at radius 3 is 2.12 bits per heavy atom. The Morgan fingerprint density at radius 2 is 1.75 bits per heavy atom. The summed E-state index contributed by atoms with van der Waals surface area (Å²) in [6.07, 6.45) is 1.34. The Hall–Kier alpha value is -2.61. The number of carbonyl (C=O) groups excluding carboxylic acids is 2. The standard InChI is InChI=1S/C11H9N3O2/c12-6-9(11(14)16)5-7-1-3-8(4-2-7)10(13)15/h1-5H,(H2,13,15)(H2,14,16)/b9-5+. The Labute approximate surface area is 92.0 Å². The molecule has 0 saturated heterocycles. The van der Waals surface area contributed by atoms with Crippen molar-refractivity contribution in [3.05, 3.63) is 41.0 Å². The van der Waals surface area contributed by atoms with Gasteiger partial charge in [0.1, 0.15) is 11.6 Å². The van der Waals surface area contributed by atoms with E-state index < -0.39 is 11.8 Å². The van der Waals surface area contributed by atoms with Crippen molar-refractivity contribution >= 4 is 17.9 Å². The third kappa shape index (κ3) is 2.69. The van der Waals surface area contributed by atoms with Crippen LogP contribution in [0.3, 0.4) is 0 Å². The van der Waals surface area contributed by atoms with Gasteiger partial charge in [-0.3, -0.25) is 9.59 Å². The molecule has 80 valence electrons. The fourth-order valence-corrected chi connectivity index (χ4v) is 1.07. The molecule has 0 aliphatic heterocycles. The molecule has 1 aromatic carbocycles. The van der Waals surface area contributed by atoms with Crippen LogP contribution in [0.2, 0.25) is 0 Å². The summed E-state index contributed by atoms with van der Waals surface area (Å²) in [6, 6.07) is 7.83. The van der Waals surface area contributed by atoms with Crippen molar-refractivity contribution in [2.24, 2.45) is 11.5 Å². The molecule has 1 rings (SSSR count). The summed E-state index contributed by atoms with van der Waals surface area (Å²) in [4.78, 5) is 21.5. The van der Waals surface area contributed by atoms with E-state index in [0.29, 0.717) is 11.1 Å². The van der Waals surface area contributed by atoms with Crippen molar-refractivity contribution in [3.63, 3.8) is 0 Å². The maximum Gasteiger partial charge on any atom is 0.259 e. The zero-order valence-electron chi connectivity index (χ0n) is 8.31. The first-order chi connectivity index (χ1) is 7.54. The van der Waals surface area contributed by atoms with E-state index in [1.807, 2.05) is 0 Å². The van der Waals surface area contributed by atoms with Crippen LogP contribution in [0.15, 0.2) is 29.8 Å². The first-order valence-corrected chi connectivity index (χ1v) is 4.36. The third-order valence-electron chi connectivity index (χ3n) is 1.89. The normalized spacial score (nSPS) is 10.6. The second-order valence-corrected chi connectivity index (χ2v) is 3.02. The lowest BCUT2D eigenvalue weighted by Crippen LogP contribution is -2.12. The quantitative estimate of drug-likeness (QED) is 0.554. The summed E-state index contributed by atoms with van der Waals surface area (Å²) in [7, 11) is 0. The zero-order valence-corrected chi connectivity index (χ0v) is 8.31. The maximum absolute atomic E-state index is 10.8. The lowest BCUT2D eigenvalue weighted by atomic mass is 10.1. The molecule has 0 spiro atoms. The second-order valence-electron chi connectivity index (χ2n) is 3.02. The summed E-state index contributed by atoms with van der Waals surface area (Å²) in [5.74, 6) is -1.33. The lowest BCUT2D eigenvalue weighted by Gasteiger charge is -1.97. The van der Waals surface area contributed by atoms with Crippen LogP contribution in [0.25, 0.3) is 6.08 Å². The van der Waals surface area contributed by atoms with Gasteiger partial charge in [-0.2, -0.15) is 5.26 Å². The summed E-state index contributed by atoms with van der Waals surface area (Å²) in [5.41, 5.74) is 10.8. The Balaban J connectivity index is 3.04. The third-order valence-corrected chi connectivity index (χ3v) is 1.89. The Kier molecular flexibility index (Phi) is 3.41. The van der Waals surface area contributed by atoms with E-state index in [4.69, 9.17) is 16.7 Å². The molecule has 0 bridgehead atoms. The maximum atomic E-state index is 10.8. The fraction of sp³-hybridized carbons (Fsp3) is 0. The monoisotopic (exact) mass is 215 g/mol. The van der Waals surface area contributed by atoms with Gasteiger partial charge in [0.15, 0.2) is 0 Å². The van der Waals surface area contributed by atoms with Gasteiger partial charge in [-0.1, -0.05) is 12.1 Å². The SMILES string of the molecule is N#C/C(=C\c1ccc(C(N)=O)cc1)C(N)=O. The van der Waals surface area contributed by atoms with Crippen LogP contribution in [-0.4, -0.2) is 11.8 Å². The van der Waals surface area contributed by atoms with Gasteiger partial charge in [-0.05, 0) is 23.8 Å². The molecule has 4 N–H and O–H groups in total. The minimum absolute atomic E-state index is 0.146. The molecule has 5 nitrogen and oxygen atoms in total. The number of carbonyl (C=O) groups is 2. The molecule has 0 atom stereocenters. The smallest absolute Gasteiger partial charge is 0.259 e. The van der Waals surface area contributed by atoms with Gasteiger partial charge in [0.25, 0.3) is 5.91 Å². The molecular weight excluding hydrogens is 206 g/mol. The van der Waals surface area contributed by atoms with E-state index in [-0.39, 0.29) is 5.57 Å². The van der Waals surface area contributed by atoms with Crippen molar-refractivity contribution < 1.29 is 9.59 Å². The minimum Gasteiger partial charge on any atom is -0.366 e. The topological polar surface area (TPSA) is 110 Å². The first-order valence-electron chi connectivity index (χ1n) is 4.36. The first kappa shape index (κ1) is 11.5. The number of primary amides is 2. The van der Waals surface area contributed by atoms with Crippen molar-refractivity contribution in [3.8, 4) is 6.07 Å². The lowest BCUT2D eigenvalue weighted by molar-refractivity contribution is -0.114. The number of hydrogen-bond acceptors (Lipinski definition) is 3. The van der Waals surface area contributed by atoms with E-state index in [9.17, 15) is 9.59 Å². The van der Waals surface area contributed by atoms with E-state index in [1.54, 1.807) is 18.2 Å². The highest BCUT2D eigenvalue weighted by Crippen LogP contribution is 2.08. The molecule has 0 aliphatic carbocycles. The zero-order chi connectivity index (χ0) is 12.1. The van der Waals surface area contributed by atoms with E-state index >= 15 is 0 Å². The van der Waals surface area contributed by atoms with Crippen LogP contribution in [0, 0.1) is 11.3 Å². The molecule has 2 amide bonds. The van der Waals surface area contributed by atoms with Crippen molar-refractivity contribution in [1.82, 2.24) is 0 Å². The van der Waals surface area contributed by atoms with Gasteiger partial charge in [-0.15, -0.1) is 0 Å². The molecule has 1 aromatic rings. The van der Waals surface area contributed by atoms with Crippen LogP contribution < -0.4 is 11.5 Å². The molecule has 0 saturated carbocycles. The fourth-order valence-electron chi connectivity index (χ4n) is 1.07. The van der Waals surface area contributed by atoms with Gasteiger partial charge in [0.05, 0.1) is 0 Å². The second kappa shape index (κ2) is 4.75. The Morgan fingerprint density at radius 1 is 1.19 bits per heavy atom. The number of rotatable bonds is 3. The summed E-state index contributed by atoms with van der Waals surface area (Å²) in [5, 5.41) is 8.61. The number of nitrogens with two attached hydrogens (primary N) is 2. The molecule has 0 aliphatic rings. The van der Waals surface area contributed by atoms with Gasteiger partial charge in [0, 0.05) is 5.56 Å². The van der Waals surface area contributed by atoms with Crippen LogP contribution in [0.1, 0.15) is 15.9 Å². The minimum atomic E-state index is -0.790. The van der Waals surface area contributed by atoms with Crippen molar-refractivity contribution in [1.29, 1.82) is 5.26 Å². The van der Waals surface area contributed by atoms with Gasteiger partial charge < -0.3 is 11.5 Å². The number of hydrogen-bond donors (Lipinski definition) is 2. The summed E-state index contributed by atoms with van der Waals surface area (Å²) >= 11 is 0. The number of nitriles is 1. The van der Waals surface area contributed by atoms with Gasteiger partial charge in [-0.25, -0.2) is 0 Å². The molecule has 16 heavy (non-hydrogen) atoms. The average molecular weight is 215 g/mol. The Bertz CT molecular complexity index is 495. The number of benzene rings is 1. The molecule has 0 unspecified atom stereocenters. The van der Waals surface area contributed by atoms with Crippen LogP contribution in [0.5, 0.6) is 0 Å². The molecule has 5 heteroatoms. The molecular formula is C11H9N3O2. The summed E-state index contributed by atoms with van der Waals surface area (Å²) < 4.78 is 0. The highest BCUT2D eigenvalue weighted by molar-refractivity contribution is 6.00. The predicted molar refractivity (Wildman–Crippen MR) is 57.7 cm³/mol. The van der Waals surface area contributed by atoms with Crippen molar-refractivity contribution in [2.75, 3.05) is 0 Å². The van der Waals surface area contributed by atoms with Crippen LogP contribution in [-0.2, 0) is 4.79 Å². The molecule has 0 heterocycles. The van der Waals surface area contributed by atoms with Crippen LogP contribution in [0.4, 0.5) is 0 Å². The highest BCUT2D eigenvalue weighted by atomic mass is 16.1. The van der Waals surface area contributed by atoms with Crippen LogP contribution >= 0.6 is 0 Å².